The van der Waals surface area contributed by atoms with E-state index in [1.54, 1.807) is 23.2 Å². The topological polar surface area (TPSA) is 54.9 Å². The minimum Gasteiger partial charge on any atom is -0.473 e. The molecule has 0 spiro atoms. The van der Waals surface area contributed by atoms with Gasteiger partial charge in [-0.3, -0.25) is 0 Å². The second kappa shape index (κ2) is 8.86. The molecule has 1 aliphatic rings. The normalized spacial score (nSPS) is 14.7. The fourth-order valence-electron chi connectivity index (χ4n) is 2.94. The van der Waals surface area contributed by atoms with E-state index in [4.69, 9.17) is 21.1 Å². The fourth-order valence-corrected chi connectivity index (χ4v) is 3.10. The number of benzene rings is 1. The number of ether oxygens (including phenoxy) is 2. The molecule has 0 atom stereocenters. The van der Waals surface area contributed by atoms with Crippen LogP contribution in [0.4, 0.5) is 14.9 Å². The number of carbonyl (C=O) groups is 1. The number of carbonyl (C=O) groups excluding carboxylic acids is 1. The molecule has 8 heteroatoms. The zero-order chi connectivity index (χ0) is 21.0. The lowest BCUT2D eigenvalue weighted by molar-refractivity contribution is 0.0240. The highest BCUT2D eigenvalue weighted by atomic mass is 35.5. The maximum absolute atomic E-state index is 13.9. The average molecular weight is 422 g/mol. The fraction of sp³-hybridized carbons (Fsp3) is 0.429. The third-order valence-corrected chi connectivity index (χ3v) is 4.64. The van der Waals surface area contributed by atoms with Gasteiger partial charge in [0.15, 0.2) is 0 Å². The van der Waals surface area contributed by atoms with Crippen molar-refractivity contribution in [2.45, 2.75) is 33.0 Å². The van der Waals surface area contributed by atoms with Gasteiger partial charge >= 0.3 is 6.09 Å². The van der Waals surface area contributed by atoms with E-state index in [2.05, 4.69) is 9.88 Å². The second-order valence-electron chi connectivity index (χ2n) is 7.83. The molecule has 0 bridgehead atoms. The summed E-state index contributed by atoms with van der Waals surface area (Å²) >= 11 is 5.77. The van der Waals surface area contributed by atoms with Crippen LogP contribution in [0.1, 0.15) is 26.3 Å². The number of nitrogens with zero attached hydrogens (tertiary/aromatic N) is 3. The lowest BCUT2D eigenvalue weighted by Crippen LogP contribution is -2.50. The Kier molecular flexibility index (Phi) is 6.47. The van der Waals surface area contributed by atoms with Crippen molar-refractivity contribution in [1.82, 2.24) is 9.88 Å². The molecule has 0 saturated carbocycles. The van der Waals surface area contributed by atoms with Gasteiger partial charge in [0.25, 0.3) is 0 Å². The number of piperazine rings is 1. The zero-order valence-electron chi connectivity index (χ0n) is 16.8. The summed E-state index contributed by atoms with van der Waals surface area (Å²) in [7, 11) is 0. The smallest absolute Gasteiger partial charge is 0.410 e. The number of halogens is 2. The molecule has 156 valence electrons. The largest absolute Gasteiger partial charge is 0.473 e. The monoisotopic (exact) mass is 421 g/mol. The van der Waals surface area contributed by atoms with E-state index < -0.39 is 11.4 Å². The van der Waals surface area contributed by atoms with Crippen molar-refractivity contribution in [1.29, 1.82) is 0 Å². The number of anilines is 1. The van der Waals surface area contributed by atoms with Crippen molar-refractivity contribution < 1.29 is 18.7 Å². The minimum atomic E-state index is -0.505. The van der Waals surface area contributed by atoms with Crippen molar-refractivity contribution in [3.8, 4) is 5.88 Å². The standard InChI is InChI=1S/C21H25ClFN3O3/c1-21(2,3)29-20(27)26-10-8-25(9-11-26)17-6-7-24-19(13-17)28-14-15-4-5-16(22)12-18(15)23/h4-7,12-13H,8-11,14H2,1-3H3. The van der Waals surface area contributed by atoms with Gasteiger partial charge in [0.1, 0.15) is 18.0 Å². The number of aromatic nitrogens is 1. The molecule has 0 unspecified atom stereocenters. The van der Waals surface area contributed by atoms with Gasteiger partial charge in [0.2, 0.25) is 5.88 Å². The third kappa shape index (κ3) is 5.97. The Morgan fingerprint density at radius 1 is 1.17 bits per heavy atom. The molecule has 1 aromatic carbocycles. The second-order valence-corrected chi connectivity index (χ2v) is 8.27. The first-order chi connectivity index (χ1) is 13.7. The molecule has 3 rings (SSSR count). The predicted molar refractivity (Wildman–Crippen MR) is 110 cm³/mol. The molecule has 1 saturated heterocycles. The van der Waals surface area contributed by atoms with Gasteiger partial charge in [-0.05, 0) is 39.0 Å². The molecule has 6 nitrogen and oxygen atoms in total. The number of amides is 1. The first-order valence-corrected chi connectivity index (χ1v) is 9.85. The molecule has 0 aliphatic carbocycles. The summed E-state index contributed by atoms with van der Waals surface area (Å²) in [6.07, 6.45) is 1.37. The maximum atomic E-state index is 13.9. The average Bonchev–Trinajstić information content (AvgIpc) is 2.66. The molecule has 29 heavy (non-hydrogen) atoms. The summed E-state index contributed by atoms with van der Waals surface area (Å²) in [6.45, 7) is 8.13. The van der Waals surface area contributed by atoms with Crippen LogP contribution in [0.3, 0.4) is 0 Å². The van der Waals surface area contributed by atoms with E-state index in [1.165, 1.54) is 6.07 Å². The summed E-state index contributed by atoms with van der Waals surface area (Å²) < 4.78 is 25.0. The molecular formula is C21H25ClFN3O3. The summed E-state index contributed by atoms with van der Waals surface area (Å²) in [6, 6.07) is 8.18. The van der Waals surface area contributed by atoms with Crippen LogP contribution in [-0.2, 0) is 11.3 Å². The highest BCUT2D eigenvalue weighted by Gasteiger charge is 2.26. The van der Waals surface area contributed by atoms with Crippen LogP contribution < -0.4 is 9.64 Å². The molecule has 0 radical (unpaired) electrons. The van der Waals surface area contributed by atoms with E-state index >= 15 is 0 Å². The van der Waals surface area contributed by atoms with Crippen molar-refractivity contribution >= 4 is 23.4 Å². The van der Waals surface area contributed by atoms with Crippen LogP contribution in [0, 0.1) is 5.82 Å². The number of rotatable bonds is 4. The summed E-state index contributed by atoms with van der Waals surface area (Å²) in [5.74, 6) is -0.00154. The number of hydrogen-bond acceptors (Lipinski definition) is 5. The van der Waals surface area contributed by atoms with Crippen LogP contribution in [-0.4, -0.2) is 47.8 Å². The van der Waals surface area contributed by atoms with Crippen LogP contribution in [0.15, 0.2) is 36.5 Å². The Balaban J connectivity index is 1.57. The van der Waals surface area contributed by atoms with Crippen LogP contribution in [0.5, 0.6) is 5.88 Å². The maximum Gasteiger partial charge on any atom is 0.410 e. The Labute approximate surface area is 175 Å². The van der Waals surface area contributed by atoms with Gasteiger partial charge in [0.05, 0.1) is 0 Å². The van der Waals surface area contributed by atoms with E-state index in [0.29, 0.717) is 42.6 Å². The minimum absolute atomic E-state index is 0.0614. The van der Waals surface area contributed by atoms with Gasteiger partial charge in [-0.25, -0.2) is 14.2 Å². The molecule has 1 aromatic heterocycles. The van der Waals surface area contributed by atoms with Crippen molar-refractivity contribution in [2.75, 3.05) is 31.1 Å². The van der Waals surface area contributed by atoms with E-state index in [1.807, 2.05) is 32.9 Å². The Hall–Kier alpha value is -2.54. The first-order valence-electron chi connectivity index (χ1n) is 9.47. The third-order valence-electron chi connectivity index (χ3n) is 4.41. The predicted octanol–water partition coefficient (Wildman–Crippen LogP) is 4.51. The summed E-state index contributed by atoms with van der Waals surface area (Å²) in [5.41, 5.74) is 0.845. The molecule has 0 N–H and O–H groups in total. The molecule has 1 aliphatic heterocycles. The molecular weight excluding hydrogens is 397 g/mol. The van der Waals surface area contributed by atoms with E-state index in [-0.39, 0.29) is 12.7 Å². The summed E-state index contributed by atoms with van der Waals surface area (Å²) in [5, 5.41) is 0.344. The van der Waals surface area contributed by atoms with E-state index in [0.717, 1.165) is 5.69 Å². The zero-order valence-corrected chi connectivity index (χ0v) is 17.6. The number of hydrogen-bond donors (Lipinski definition) is 0. The SMILES string of the molecule is CC(C)(C)OC(=O)N1CCN(c2ccnc(OCc3ccc(Cl)cc3F)c2)CC1. The number of pyridine rings is 1. The molecule has 1 fully saturated rings. The Morgan fingerprint density at radius 2 is 1.90 bits per heavy atom. The van der Waals surface area contributed by atoms with Crippen molar-refractivity contribution in [3.63, 3.8) is 0 Å². The Morgan fingerprint density at radius 3 is 2.55 bits per heavy atom. The molecule has 2 heterocycles. The Bertz CT molecular complexity index is 864. The quantitative estimate of drug-likeness (QED) is 0.727. The molecule has 1 amide bonds. The first kappa shape index (κ1) is 21.2. The van der Waals surface area contributed by atoms with Gasteiger partial charge in [-0.15, -0.1) is 0 Å². The van der Waals surface area contributed by atoms with Crippen molar-refractivity contribution in [2.24, 2.45) is 0 Å². The van der Waals surface area contributed by atoms with Crippen LogP contribution in [0.25, 0.3) is 0 Å². The van der Waals surface area contributed by atoms with Crippen LogP contribution in [0.2, 0.25) is 5.02 Å². The van der Waals surface area contributed by atoms with Gasteiger partial charge in [0, 0.05) is 54.7 Å². The van der Waals surface area contributed by atoms with Crippen LogP contribution >= 0.6 is 11.6 Å². The highest BCUT2D eigenvalue weighted by molar-refractivity contribution is 6.30. The lowest BCUT2D eigenvalue weighted by Gasteiger charge is -2.36. The molecule has 2 aromatic rings. The lowest BCUT2D eigenvalue weighted by atomic mass is 10.2. The summed E-state index contributed by atoms with van der Waals surface area (Å²) in [4.78, 5) is 20.3. The van der Waals surface area contributed by atoms with Gasteiger partial charge in [-0.2, -0.15) is 0 Å². The van der Waals surface area contributed by atoms with Gasteiger partial charge in [-0.1, -0.05) is 17.7 Å². The van der Waals surface area contributed by atoms with E-state index in [9.17, 15) is 9.18 Å². The van der Waals surface area contributed by atoms with Crippen molar-refractivity contribution in [3.05, 3.63) is 52.9 Å². The highest BCUT2D eigenvalue weighted by Crippen LogP contribution is 2.22. The van der Waals surface area contributed by atoms with Gasteiger partial charge < -0.3 is 19.3 Å².